The Morgan fingerprint density at radius 3 is 2.76 bits per heavy atom. The smallest absolute Gasteiger partial charge is 0.265 e. The highest BCUT2D eigenvalue weighted by molar-refractivity contribution is 7.82. The van der Waals surface area contributed by atoms with Gasteiger partial charge in [-0.15, -0.1) is 0 Å². The number of benzene rings is 2. The molecule has 4 aromatic rings. The molecule has 1 aliphatic rings. The Morgan fingerprint density at radius 2 is 1.94 bits per heavy atom. The third-order valence-corrected chi connectivity index (χ3v) is 5.94. The summed E-state index contributed by atoms with van der Waals surface area (Å²) in [5.74, 6) is 0.851. The lowest BCUT2D eigenvalue weighted by Crippen LogP contribution is -2.38. The first kappa shape index (κ1) is 21.7. The van der Waals surface area contributed by atoms with E-state index >= 15 is 0 Å². The Morgan fingerprint density at radius 1 is 1.03 bits per heavy atom. The first-order valence-corrected chi connectivity index (χ1v) is 11.6. The summed E-state index contributed by atoms with van der Waals surface area (Å²) in [4.78, 5) is 28.0. The van der Waals surface area contributed by atoms with Crippen LogP contribution in [0, 0.1) is 0 Å². The maximum Gasteiger partial charge on any atom is 0.265 e. The molecule has 3 N–H and O–H groups in total. The highest BCUT2D eigenvalue weighted by atomic mass is 32.2. The Balaban J connectivity index is 1.44. The van der Waals surface area contributed by atoms with Crippen LogP contribution in [-0.2, 0) is 22.3 Å². The van der Waals surface area contributed by atoms with Crippen LogP contribution in [-0.4, -0.2) is 31.7 Å². The number of nitrogens with one attached hydrogen (secondary N) is 1. The van der Waals surface area contributed by atoms with E-state index in [0.717, 1.165) is 11.3 Å². The third-order valence-electron chi connectivity index (χ3n) is 5.22. The molecule has 3 heterocycles. The Labute approximate surface area is 198 Å². The van der Waals surface area contributed by atoms with E-state index in [0.29, 0.717) is 40.2 Å². The van der Waals surface area contributed by atoms with E-state index in [2.05, 4.69) is 20.3 Å². The predicted molar refractivity (Wildman–Crippen MR) is 129 cm³/mol. The van der Waals surface area contributed by atoms with Crippen molar-refractivity contribution in [2.24, 2.45) is 5.14 Å². The number of nitrogens with zero attached hydrogens (tertiary/aromatic N) is 4. The largest absolute Gasteiger partial charge is 0.482 e. The Bertz CT molecular complexity index is 1380. The van der Waals surface area contributed by atoms with Crippen molar-refractivity contribution in [3.05, 3.63) is 84.8 Å². The normalized spacial score (nSPS) is 13.7. The molecule has 2 aromatic heterocycles. The quantitative estimate of drug-likeness (QED) is 0.442. The molecule has 10 heteroatoms. The van der Waals surface area contributed by atoms with Crippen LogP contribution in [0.3, 0.4) is 0 Å². The maximum absolute atomic E-state index is 12.6. The highest BCUT2D eigenvalue weighted by Crippen LogP contribution is 2.36. The van der Waals surface area contributed by atoms with Crippen molar-refractivity contribution in [2.75, 3.05) is 16.8 Å². The molecule has 1 atom stereocenters. The molecule has 0 radical (unpaired) electrons. The summed E-state index contributed by atoms with van der Waals surface area (Å²) in [6.45, 7) is 0.322. The zero-order chi connectivity index (χ0) is 23.5. The fraction of sp³-hybridized carbons (Fsp3) is 0.0833. The SMILES string of the molecule is NS(=O)c1cccc(Nc2nccc(-c3ccc4c(c3)N(Cc3ccccn3)C(=O)CO4)n2)c1. The van der Waals surface area contributed by atoms with Gasteiger partial charge in [-0.25, -0.2) is 19.3 Å². The predicted octanol–water partition coefficient (Wildman–Crippen LogP) is 3.19. The molecule has 170 valence electrons. The molecular formula is C24H20N6O3S. The molecule has 34 heavy (non-hydrogen) atoms. The highest BCUT2D eigenvalue weighted by Gasteiger charge is 2.26. The van der Waals surface area contributed by atoms with Crippen molar-refractivity contribution < 1.29 is 13.7 Å². The second kappa shape index (κ2) is 9.38. The summed E-state index contributed by atoms with van der Waals surface area (Å²) >= 11 is 0. The van der Waals surface area contributed by atoms with Crippen LogP contribution in [0.25, 0.3) is 11.3 Å². The summed E-state index contributed by atoms with van der Waals surface area (Å²) in [5, 5.41) is 8.58. The van der Waals surface area contributed by atoms with Crippen LogP contribution < -0.4 is 20.1 Å². The number of carbonyl (C=O) groups excluding carboxylic acids is 1. The fourth-order valence-electron chi connectivity index (χ4n) is 3.60. The number of pyridine rings is 1. The second-order valence-corrected chi connectivity index (χ2v) is 8.55. The molecule has 5 rings (SSSR count). The molecule has 2 aromatic carbocycles. The Hall–Kier alpha value is -4.15. The van der Waals surface area contributed by atoms with Gasteiger partial charge in [-0.3, -0.25) is 14.7 Å². The van der Waals surface area contributed by atoms with Gasteiger partial charge in [0.15, 0.2) is 6.61 Å². The molecule has 0 aliphatic carbocycles. The number of ether oxygens (including phenoxy) is 1. The van der Waals surface area contributed by atoms with E-state index in [1.54, 1.807) is 41.6 Å². The van der Waals surface area contributed by atoms with E-state index in [-0.39, 0.29) is 12.5 Å². The van der Waals surface area contributed by atoms with Crippen molar-refractivity contribution >= 4 is 34.2 Å². The molecule has 9 nitrogen and oxygen atoms in total. The molecule has 1 aliphatic heterocycles. The van der Waals surface area contributed by atoms with Gasteiger partial charge in [-0.05, 0) is 54.6 Å². The minimum Gasteiger partial charge on any atom is -0.482 e. The zero-order valence-electron chi connectivity index (χ0n) is 17.9. The number of amides is 1. The number of hydrogen-bond acceptors (Lipinski definition) is 7. The molecule has 0 fully saturated rings. The third kappa shape index (κ3) is 4.63. The van der Waals surface area contributed by atoms with Crippen molar-refractivity contribution in [1.82, 2.24) is 15.0 Å². The number of anilines is 3. The summed E-state index contributed by atoms with van der Waals surface area (Å²) in [6.07, 6.45) is 3.34. The van der Waals surface area contributed by atoms with Gasteiger partial charge in [-0.1, -0.05) is 12.1 Å². The van der Waals surface area contributed by atoms with Gasteiger partial charge < -0.3 is 10.1 Å². The lowest BCUT2D eigenvalue weighted by atomic mass is 10.1. The van der Waals surface area contributed by atoms with Crippen molar-refractivity contribution in [2.45, 2.75) is 11.4 Å². The minimum atomic E-state index is -1.58. The number of hydrogen-bond donors (Lipinski definition) is 2. The maximum atomic E-state index is 12.6. The van der Waals surface area contributed by atoms with Gasteiger partial charge in [0, 0.05) is 23.6 Å². The molecule has 0 bridgehead atoms. The van der Waals surface area contributed by atoms with Crippen molar-refractivity contribution in [3.63, 3.8) is 0 Å². The van der Waals surface area contributed by atoms with Crippen LogP contribution in [0.15, 0.2) is 84.0 Å². The lowest BCUT2D eigenvalue weighted by molar-refractivity contribution is -0.121. The van der Waals surface area contributed by atoms with Crippen molar-refractivity contribution in [3.8, 4) is 17.0 Å². The number of nitrogens with two attached hydrogens (primary N) is 1. The van der Waals surface area contributed by atoms with Crippen LogP contribution in [0.5, 0.6) is 5.75 Å². The minimum absolute atomic E-state index is 0.0204. The molecule has 0 saturated carbocycles. The van der Waals surface area contributed by atoms with Gasteiger partial charge in [0.25, 0.3) is 5.91 Å². The monoisotopic (exact) mass is 472 g/mol. The average Bonchev–Trinajstić information content (AvgIpc) is 2.86. The Kier molecular flexibility index (Phi) is 5.98. The second-order valence-electron chi connectivity index (χ2n) is 7.49. The fourth-order valence-corrected chi connectivity index (χ4v) is 4.05. The van der Waals surface area contributed by atoms with Gasteiger partial charge in [-0.2, -0.15) is 0 Å². The number of carbonyl (C=O) groups is 1. The standard InChI is InChI=1S/C24H20N6O3S/c25-34(32)19-6-3-5-17(13-19)28-24-27-11-9-20(29-24)16-7-8-22-21(12-16)30(23(31)15-33-22)14-18-4-1-2-10-26-18/h1-13H,14-15,25H2,(H,27,28,29). The van der Waals surface area contributed by atoms with Gasteiger partial charge >= 0.3 is 0 Å². The van der Waals surface area contributed by atoms with E-state index in [4.69, 9.17) is 9.88 Å². The van der Waals surface area contributed by atoms with Gasteiger partial charge in [0.1, 0.15) is 16.7 Å². The van der Waals surface area contributed by atoms with Gasteiger partial charge in [0.05, 0.1) is 28.5 Å². The van der Waals surface area contributed by atoms with Crippen molar-refractivity contribution in [1.29, 1.82) is 0 Å². The van der Waals surface area contributed by atoms with Crippen LogP contribution in [0.4, 0.5) is 17.3 Å². The topological polar surface area (TPSA) is 123 Å². The molecule has 1 unspecified atom stereocenters. The van der Waals surface area contributed by atoms with E-state index < -0.39 is 11.0 Å². The van der Waals surface area contributed by atoms with Crippen LogP contribution in [0.1, 0.15) is 5.69 Å². The van der Waals surface area contributed by atoms with Gasteiger partial charge in [0.2, 0.25) is 5.95 Å². The first-order chi connectivity index (χ1) is 16.6. The summed E-state index contributed by atoms with van der Waals surface area (Å²) in [7, 11) is -1.58. The molecule has 1 amide bonds. The average molecular weight is 473 g/mol. The summed E-state index contributed by atoms with van der Waals surface area (Å²) in [6, 6.07) is 19.9. The molecule has 0 saturated heterocycles. The summed E-state index contributed by atoms with van der Waals surface area (Å²) < 4.78 is 17.2. The summed E-state index contributed by atoms with van der Waals surface area (Å²) in [5.41, 5.74) is 3.56. The number of rotatable bonds is 6. The first-order valence-electron chi connectivity index (χ1n) is 10.4. The van der Waals surface area contributed by atoms with E-state index in [1.165, 1.54) is 0 Å². The van der Waals surface area contributed by atoms with Crippen LogP contribution >= 0.6 is 0 Å². The molecular weight excluding hydrogens is 452 g/mol. The number of fused-ring (bicyclic) bond motifs is 1. The number of aromatic nitrogens is 3. The van der Waals surface area contributed by atoms with E-state index in [9.17, 15) is 9.00 Å². The molecule has 0 spiro atoms. The zero-order valence-corrected chi connectivity index (χ0v) is 18.7. The lowest BCUT2D eigenvalue weighted by Gasteiger charge is -2.29. The van der Waals surface area contributed by atoms with Crippen LogP contribution in [0.2, 0.25) is 0 Å². The van der Waals surface area contributed by atoms with E-state index in [1.807, 2.05) is 42.5 Å².